The molecule has 0 heterocycles. The van der Waals surface area contributed by atoms with Crippen LogP contribution in [0.1, 0.15) is 34.1 Å². The van der Waals surface area contributed by atoms with E-state index in [0.29, 0.717) is 0 Å². The largest absolute Gasteiger partial charge is 0.479 e. The minimum absolute atomic E-state index is 0.0208. The first-order valence-electron chi connectivity index (χ1n) is 4.90. The third-order valence-corrected chi connectivity index (χ3v) is 1.66. The molecular formula is C10H20O5. The number of hydrogen-bond acceptors (Lipinski definition) is 4. The minimum atomic E-state index is -1.31. The fraction of sp³-hybridized carbons (Fsp3) is 0.900. The Morgan fingerprint density at radius 1 is 1.33 bits per heavy atom. The lowest BCUT2D eigenvalue weighted by Gasteiger charge is -2.28. The van der Waals surface area contributed by atoms with Gasteiger partial charge in [-0.25, -0.2) is 4.79 Å². The molecule has 0 spiro atoms. The van der Waals surface area contributed by atoms with Crippen LogP contribution >= 0.6 is 0 Å². The number of aliphatic carboxylic acids is 1. The highest BCUT2D eigenvalue weighted by Crippen LogP contribution is 2.16. The summed E-state index contributed by atoms with van der Waals surface area (Å²) in [7, 11) is 0. The standard InChI is InChI=1S/C10H20O5/c1-6(11)5-7(12)8(9(13)14)15-10(2,3)4/h6-8,11-12H,5H2,1-4H3,(H,13,14). The molecule has 0 bridgehead atoms. The molecule has 3 unspecified atom stereocenters. The molecule has 0 aromatic carbocycles. The summed E-state index contributed by atoms with van der Waals surface area (Å²) in [6.45, 7) is 6.60. The normalized spacial score (nSPS) is 18.3. The fourth-order valence-electron chi connectivity index (χ4n) is 1.15. The van der Waals surface area contributed by atoms with Crippen molar-refractivity contribution in [2.75, 3.05) is 0 Å². The van der Waals surface area contributed by atoms with Gasteiger partial charge in [0, 0.05) is 6.42 Å². The Morgan fingerprint density at radius 3 is 2.07 bits per heavy atom. The summed E-state index contributed by atoms with van der Waals surface area (Å²) in [5, 5.41) is 27.4. The molecule has 0 fully saturated rings. The monoisotopic (exact) mass is 220 g/mol. The molecule has 5 heteroatoms. The van der Waals surface area contributed by atoms with Gasteiger partial charge in [-0.3, -0.25) is 0 Å². The van der Waals surface area contributed by atoms with Crippen LogP contribution in [0.3, 0.4) is 0 Å². The number of hydrogen-bond donors (Lipinski definition) is 3. The quantitative estimate of drug-likeness (QED) is 0.623. The maximum Gasteiger partial charge on any atom is 0.335 e. The molecule has 0 aliphatic heterocycles. The van der Waals surface area contributed by atoms with Gasteiger partial charge in [-0.05, 0) is 27.7 Å². The van der Waals surface area contributed by atoms with Gasteiger partial charge < -0.3 is 20.1 Å². The number of aliphatic hydroxyl groups excluding tert-OH is 2. The van der Waals surface area contributed by atoms with E-state index in [9.17, 15) is 9.90 Å². The molecule has 90 valence electrons. The first-order valence-corrected chi connectivity index (χ1v) is 4.90. The van der Waals surface area contributed by atoms with E-state index in [1.54, 1.807) is 20.8 Å². The second kappa shape index (κ2) is 5.44. The zero-order valence-corrected chi connectivity index (χ0v) is 9.60. The third-order valence-electron chi connectivity index (χ3n) is 1.66. The lowest BCUT2D eigenvalue weighted by Crippen LogP contribution is -2.43. The van der Waals surface area contributed by atoms with Crippen LogP contribution in [0.15, 0.2) is 0 Å². The predicted molar refractivity (Wildman–Crippen MR) is 54.6 cm³/mol. The Hall–Kier alpha value is -0.650. The molecule has 0 saturated heterocycles. The van der Waals surface area contributed by atoms with Crippen LogP contribution in [0, 0.1) is 0 Å². The first-order chi connectivity index (χ1) is 6.63. The van der Waals surface area contributed by atoms with Crippen molar-refractivity contribution in [1.29, 1.82) is 0 Å². The van der Waals surface area contributed by atoms with Crippen LogP contribution in [0.4, 0.5) is 0 Å². The molecule has 0 saturated carbocycles. The first kappa shape index (κ1) is 14.3. The van der Waals surface area contributed by atoms with E-state index >= 15 is 0 Å². The van der Waals surface area contributed by atoms with E-state index in [-0.39, 0.29) is 6.42 Å². The average Bonchev–Trinajstić information content (AvgIpc) is 1.96. The SMILES string of the molecule is CC(O)CC(O)C(OC(C)(C)C)C(=O)O. The lowest BCUT2D eigenvalue weighted by atomic mass is 10.1. The van der Waals surface area contributed by atoms with Crippen molar-refractivity contribution in [3.8, 4) is 0 Å². The molecule has 0 aliphatic carbocycles. The number of rotatable bonds is 5. The van der Waals surface area contributed by atoms with E-state index in [1.165, 1.54) is 6.92 Å². The Bertz CT molecular complexity index is 206. The summed E-state index contributed by atoms with van der Waals surface area (Å²) in [6.07, 6.45) is -3.29. The highest BCUT2D eigenvalue weighted by molar-refractivity contribution is 5.73. The van der Waals surface area contributed by atoms with Crippen LogP contribution in [0.25, 0.3) is 0 Å². The zero-order chi connectivity index (χ0) is 12.2. The molecule has 0 aromatic heterocycles. The van der Waals surface area contributed by atoms with Gasteiger partial charge in [-0.2, -0.15) is 0 Å². The van der Waals surface area contributed by atoms with Gasteiger partial charge in [-0.15, -0.1) is 0 Å². The van der Waals surface area contributed by atoms with Gasteiger partial charge in [0.15, 0.2) is 6.10 Å². The zero-order valence-electron chi connectivity index (χ0n) is 9.60. The molecule has 0 aromatic rings. The van der Waals surface area contributed by atoms with E-state index in [4.69, 9.17) is 14.9 Å². The molecule has 0 amide bonds. The average molecular weight is 220 g/mol. The predicted octanol–water partition coefficient (Wildman–Crippen LogP) is 0.387. The molecule has 3 N–H and O–H groups in total. The fourth-order valence-corrected chi connectivity index (χ4v) is 1.15. The summed E-state index contributed by atoms with van der Waals surface area (Å²) in [6, 6.07) is 0. The molecule has 0 aliphatic rings. The van der Waals surface area contributed by atoms with E-state index in [2.05, 4.69) is 0 Å². The summed E-state index contributed by atoms with van der Waals surface area (Å²) < 4.78 is 5.20. The van der Waals surface area contributed by atoms with Crippen LogP contribution in [-0.2, 0) is 9.53 Å². The smallest absolute Gasteiger partial charge is 0.335 e. The summed E-state index contributed by atoms with van der Waals surface area (Å²) in [5.74, 6) is -1.22. The van der Waals surface area contributed by atoms with Crippen molar-refractivity contribution in [2.45, 2.75) is 58.0 Å². The number of carboxylic acid groups (broad SMARTS) is 1. The Kier molecular flexibility index (Phi) is 5.20. The van der Waals surface area contributed by atoms with E-state index < -0.39 is 29.9 Å². The molecule has 0 rings (SSSR count). The van der Waals surface area contributed by atoms with Crippen molar-refractivity contribution in [3.63, 3.8) is 0 Å². The van der Waals surface area contributed by atoms with Gasteiger partial charge in [0.25, 0.3) is 0 Å². The van der Waals surface area contributed by atoms with Crippen molar-refractivity contribution < 1.29 is 24.9 Å². The Morgan fingerprint density at radius 2 is 1.80 bits per heavy atom. The maximum absolute atomic E-state index is 10.8. The highest BCUT2D eigenvalue weighted by atomic mass is 16.5. The Labute approximate surface area is 89.7 Å². The molecule has 5 nitrogen and oxygen atoms in total. The third kappa shape index (κ3) is 6.43. The van der Waals surface area contributed by atoms with Gasteiger partial charge >= 0.3 is 5.97 Å². The number of aliphatic hydroxyl groups is 2. The van der Waals surface area contributed by atoms with Gasteiger partial charge in [0.2, 0.25) is 0 Å². The maximum atomic E-state index is 10.8. The molecule has 3 atom stereocenters. The van der Waals surface area contributed by atoms with Crippen LogP contribution in [-0.4, -0.2) is 45.2 Å². The van der Waals surface area contributed by atoms with Gasteiger partial charge in [0.1, 0.15) is 0 Å². The van der Waals surface area contributed by atoms with Crippen molar-refractivity contribution in [3.05, 3.63) is 0 Å². The number of ether oxygens (including phenoxy) is 1. The van der Waals surface area contributed by atoms with E-state index in [0.717, 1.165) is 0 Å². The number of carbonyl (C=O) groups is 1. The van der Waals surface area contributed by atoms with Crippen LogP contribution in [0.5, 0.6) is 0 Å². The summed E-state index contributed by atoms with van der Waals surface area (Å²) >= 11 is 0. The topological polar surface area (TPSA) is 87.0 Å². The molecule has 0 radical (unpaired) electrons. The van der Waals surface area contributed by atoms with Crippen LogP contribution in [0.2, 0.25) is 0 Å². The molecular weight excluding hydrogens is 200 g/mol. The second-order valence-corrected chi connectivity index (χ2v) is 4.64. The van der Waals surface area contributed by atoms with Crippen molar-refractivity contribution >= 4 is 5.97 Å². The van der Waals surface area contributed by atoms with Crippen LogP contribution < -0.4 is 0 Å². The van der Waals surface area contributed by atoms with E-state index in [1.807, 2.05) is 0 Å². The highest BCUT2D eigenvalue weighted by Gasteiger charge is 2.32. The van der Waals surface area contributed by atoms with Gasteiger partial charge in [-0.1, -0.05) is 0 Å². The minimum Gasteiger partial charge on any atom is -0.479 e. The summed E-state index contributed by atoms with van der Waals surface area (Å²) in [5.41, 5.74) is -0.650. The van der Waals surface area contributed by atoms with Crippen molar-refractivity contribution in [1.82, 2.24) is 0 Å². The Balaban J connectivity index is 4.46. The number of carboxylic acids is 1. The second-order valence-electron chi connectivity index (χ2n) is 4.64. The molecule has 15 heavy (non-hydrogen) atoms. The lowest BCUT2D eigenvalue weighted by molar-refractivity contribution is -0.174. The van der Waals surface area contributed by atoms with Crippen molar-refractivity contribution in [2.24, 2.45) is 0 Å². The summed E-state index contributed by atoms with van der Waals surface area (Å²) in [4.78, 5) is 10.8. The van der Waals surface area contributed by atoms with Gasteiger partial charge in [0.05, 0.1) is 17.8 Å².